The van der Waals surface area contributed by atoms with Crippen molar-refractivity contribution in [2.24, 2.45) is 11.7 Å². The zero-order valence-corrected chi connectivity index (χ0v) is 10.3. The number of nitrogens with two attached hydrogens (primary N) is 1. The molecule has 3 nitrogen and oxygen atoms in total. The van der Waals surface area contributed by atoms with Gasteiger partial charge in [0.25, 0.3) is 0 Å². The van der Waals surface area contributed by atoms with Crippen LogP contribution in [0.1, 0.15) is 25.3 Å². The van der Waals surface area contributed by atoms with Crippen molar-refractivity contribution in [2.75, 3.05) is 18.0 Å². The van der Waals surface area contributed by atoms with Gasteiger partial charge in [-0.3, -0.25) is 0 Å². The Hall–Kier alpha value is -1.53. The van der Waals surface area contributed by atoms with Gasteiger partial charge >= 0.3 is 0 Å². The van der Waals surface area contributed by atoms with E-state index in [-0.39, 0.29) is 0 Å². The Bertz CT molecular complexity index is 422. The first-order valence-corrected chi connectivity index (χ1v) is 6.23. The molecule has 90 valence electrons. The Morgan fingerprint density at radius 2 is 2.35 bits per heavy atom. The van der Waals surface area contributed by atoms with Crippen LogP contribution in [0.2, 0.25) is 0 Å². The number of anilines is 1. The molecule has 3 heteroatoms. The fourth-order valence-corrected chi connectivity index (χ4v) is 2.68. The molecule has 1 aliphatic rings. The molecule has 0 saturated carbocycles. The lowest BCUT2D eigenvalue weighted by Crippen LogP contribution is -2.48. The van der Waals surface area contributed by atoms with Gasteiger partial charge < -0.3 is 10.6 Å². The number of rotatable bonds is 2. The smallest absolute Gasteiger partial charge is 0.0992 e. The van der Waals surface area contributed by atoms with Crippen molar-refractivity contribution in [1.82, 2.24) is 0 Å². The highest BCUT2D eigenvalue weighted by Gasteiger charge is 2.27. The van der Waals surface area contributed by atoms with Gasteiger partial charge in [-0.2, -0.15) is 5.26 Å². The third-order valence-corrected chi connectivity index (χ3v) is 3.66. The van der Waals surface area contributed by atoms with Gasteiger partial charge in [0, 0.05) is 24.8 Å². The fraction of sp³-hybridized carbons (Fsp3) is 0.500. The first-order chi connectivity index (χ1) is 8.26. The van der Waals surface area contributed by atoms with Gasteiger partial charge in [-0.15, -0.1) is 0 Å². The van der Waals surface area contributed by atoms with E-state index in [2.05, 4.69) is 24.0 Å². The van der Waals surface area contributed by atoms with Gasteiger partial charge in [-0.25, -0.2) is 0 Å². The lowest BCUT2D eigenvalue weighted by molar-refractivity contribution is 0.350. The van der Waals surface area contributed by atoms with E-state index in [4.69, 9.17) is 11.0 Å². The zero-order valence-electron chi connectivity index (χ0n) is 10.3. The number of benzene rings is 1. The second kappa shape index (κ2) is 5.20. The van der Waals surface area contributed by atoms with Crippen LogP contribution in [0.25, 0.3) is 0 Å². The number of piperidine rings is 1. The van der Waals surface area contributed by atoms with E-state index in [0.29, 0.717) is 18.5 Å². The van der Waals surface area contributed by atoms with Crippen molar-refractivity contribution in [2.45, 2.75) is 25.8 Å². The number of hydrogen-bond acceptors (Lipinski definition) is 3. The summed E-state index contributed by atoms with van der Waals surface area (Å²) in [6.45, 7) is 3.98. The van der Waals surface area contributed by atoms with E-state index in [1.807, 2.05) is 18.2 Å². The molecule has 0 aliphatic carbocycles. The third kappa shape index (κ3) is 2.42. The maximum absolute atomic E-state index is 8.94. The minimum absolute atomic E-state index is 0.401. The Morgan fingerprint density at radius 3 is 3.06 bits per heavy atom. The average Bonchev–Trinajstić information content (AvgIpc) is 2.38. The molecule has 2 N–H and O–H groups in total. The lowest BCUT2D eigenvalue weighted by Gasteiger charge is -2.41. The molecule has 1 aromatic carbocycles. The Balaban J connectivity index is 2.27. The van der Waals surface area contributed by atoms with Crippen LogP contribution in [0.15, 0.2) is 24.3 Å². The molecule has 1 fully saturated rings. The largest absolute Gasteiger partial charge is 0.367 e. The normalized spacial score (nSPS) is 24.4. The van der Waals surface area contributed by atoms with Crippen LogP contribution in [0.3, 0.4) is 0 Å². The molecule has 1 saturated heterocycles. The summed E-state index contributed by atoms with van der Waals surface area (Å²) < 4.78 is 0. The van der Waals surface area contributed by atoms with Gasteiger partial charge in [0.05, 0.1) is 11.6 Å². The van der Waals surface area contributed by atoms with E-state index in [1.165, 1.54) is 12.8 Å². The summed E-state index contributed by atoms with van der Waals surface area (Å²) in [5.41, 5.74) is 7.73. The molecule has 0 amide bonds. The monoisotopic (exact) mass is 229 g/mol. The predicted octanol–water partition coefficient (Wildman–Crippen LogP) is 2.12. The standard InChI is InChI=1S/C14H19N3/c1-11-4-3-7-17(14(11)10-16)13-6-2-5-12(8-13)9-15/h2,5-6,8,11,14H,3-4,7,10,16H2,1H3. The summed E-state index contributed by atoms with van der Waals surface area (Å²) in [6, 6.07) is 10.4. The molecule has 0 spiro atoms. The highest BCUT2D eigenvalue weighted by Crippen LogP contribution is 2.28. The van der Waals surface area contributed by atoms with Crippen molar-refractivity contribution in [3.63, 3.8) is 0 Å². The van der Waals surface area contributed by atoms with Crippen LogP contribution in [-0.2, 0) is 0 Å². The van der Waals surface area contributed by atoms with Crippen molar-refractivity contribution in [3.8, 4) is 6.07 Å². The summed E-state index contributed by atoms with van der Waals surface area (Å²) in [5.74, 6) is 0.625. The van der Waals surface area contributed by atoms with Crippen LogP contribution in [0.5, 0.6) is 0 Å². The average molecular weight is 229 g/mol. The molecule has 2 atom stereocenters. The molecule has 17 heavy (non-hydrogen) atoms. The molecule has 1 aromatic rings. The minimum Gasteiger partial charge on any atom is -0.367 e. The highest BCUT2D eigenvalue weighted by molar-refractivity contribution is 5.52. The van der Waals surface area contributed by atoms with Crippen LogP contribution in [-0.4, -0.2) is 19.1 Å². The molecule has 0 radical (unpaired) electrons. The van der Waals surface area contributed by atoms with E-state index in [9.17, 15) is 0 Å². The van der Waals surface area contributed by atoms with Crippen molar-refractivity contribution < 1.29 is 0 Å². The van der Waals surface area contributed by atoms with Crippen LogP contribution in [0, 0.1) is 17.2 Å². The Kier molecular flexibility index (Phi) is 3.65. The lowest BCUT2D eigenvalue weighted by atomic mass is 9.90. The molecule has 2 rings (SSSR count). The minimum atomic E-state index is 0.401. The maximum Gasteiger partial charge on any atom is 0.0992 e. The van der Waals surface area contributed by atoms with Crippen molar-refractivity contribution in [3.05, 3.63) is 29.8 Å². The van der Waals surface area contributed by atoms with Gasteiger partial charge in [0.2, 0.25) is 0 Å². The van der Waals surface area contributed by atoms with Crippen LogP contribution < -0.4 is 10.6 Å². The quantitative estimate of drug-likeness (QED) is 0.845. The number of nitriles is 1. The SMILES string of the molecule is CC1CCCN(c2cccc(C#N)c2)C1CN. The Labute approximate surface area is 103 Å². The number of nitrogens with zero attached hydrogens (tertiary/aromatic N) is 2. The van der Waals surface area contributed by atoms with Crippen LogP contribution >= 0.6 is 0 Å². The van der Waals surface area contributed by atoms with Gasteiger partial charge in [0.1, 0.15) is 0 Å². The summed E-state index contributed by atoms with van der Waals surface area (Å²) in [6.07, 6.45) is 2.45. The highest BCUT2D eigenvalue weighted by atomic mass is 15.2. The molecule has 1 aliphatic heterocycles. The number of hydrogen-bond donors (Lipinski definition) is 1. The van der Waals surface area contributed by atoms with E-state index in [0.717, 1.165) is 17.8 Å². The second-order valence-corrected chi connectivity index (χ2v) is 4.78. The topological polar surface area (TPSA) is 53.0 Å². The molecular formula is C14H19N3. The van der Waals surface area contributed by atoms with Gasteiger partial charge in [-0.05, 0) is 37.0 Å². The Morgan fingerprint density at radius 1 is 1.53 bits per heavy atom. The summed E-state index contributed by atoms with van der Waals surface area (Å²) in [5, 5.41) is 8.94. The predicted molar refractivity (Wildman–Crippen MR) is 69.7 cm³/mol. The summed E-state index contributed by atoms with van der Waals surface area (Å²) in [7, 11) is 0. The van der Waals surface area contributed by atoms with Gasteiger partial charge in [0.15, 0.2) is 0 Å². The summed E-state index contributed by atoms with van der Waals surface area (Å²) >= 11 is 0. The second-order valence-electron chi connectivity index (χ2n) is 4.78. The van der Waals surface area contributed by atoms with E-state index >= 15 is 0 Å². The molecule has 1 heterocycles. The first kappa shape index (κ1) is 11.9. The molecule has 0 aromatic heterocycles. The van der Waals surface area contributed by atoms with Crippen LogP contribution in [0.4, 0.5) is 5.69 Å². The fourth-order valence-electron chi connectivity index (χ4n) is 2.68. The first-order valence-electron chi connectivity index (χ1n) is 6.23. The van der Waals surface area contributed by atoms with Crippen molar-refractivity contribution in [1.29, 1.82) is 5.26 Å². The third-order valence-electron chi connectivity index (χ3n) is 3.66. The zero-order chi connectivity index (χ0) is 12.3. The van der Waals surface area contributed by atoms with Crippen molar-refractivity contribution >= 4 is 5.69 Å². The summed E-state index contributed by atoms with van der Waals surface area (Å²) in [4.78, 5) is 2.36. The molecule has 2 unspecified atom stereocenters. The maximum atomic E-state index is 8.94. The molecule has 0 bridgehead atoms. The van der Waals surface area contributed by atoms with Gasteiger partial charge in [-0.1, -0.05) is 13.0 Å². The van der Waals surface area contributed by atoms with E-state index in [1.54, 1.807) is 0 Å². The molecular weight excluding hydrogens is 210 g/mol. The van der Waals surface area contributed by atoms with E-state index < -0.39 is 0 Å².